The van der Waals surface area contributed by atoms with Crippen molar-refractivity contribution in [3.63, 3.8) is 0 Å². The molecular formula is C11H11F3N4O. The molecule has 0 aliphatic rings. The Morgan fingerprint density at radius 1 is 1.42 bits per heavy atom. The second-order valence-electron chi connectivity index (χ2n) is 4.01. The fraction of sp³-hybridized carbons (Fsp3) is 0.273. The smallest absolute Gasteiger partial charge is 0.399 e. The minimum absolute atomic E-state index is 0.289. The molecule has 8 heteroatoms. The van der Waals surface area contributed by atoms with Crippen LogP contribution in [0.5, 0.6) is 0 Å². The largest absolute Gasteiger partial charge is 0.405 e. The molecule has 0 saturated heterocycles. The van der Waals surface area contributed by atoms with Crippen LogP contribution in [0.2, 0.25) is 0 Å². The van der Waals surface area contributed by atoms with Crippen molar-refractivity contribution in [3.8, 4) is 0 Å². The van der Waals surface area contributed by atoms with Gasteiger partial charge < -0.3 is 11.1 Å². The van der Waals surface area contributed by atoms with Gasteiger partial charge in [0.15, 0.2) is 0 Å². The summed E-state index contributed by atoms with van der Waals surface area (Å²) in [6, 6.07) is 5.01. The third-order valence-corrected chi connectivity index (χ3v) is 2.45. The number of carbonyl (C=O) groups is 1. The number of hydrogen-bond donors (Lipinski definition) is 2. The molecule has 0 bridgehead atoms. The third-order valence-electron chi connectivity index (χ3n) is 2.45. The lowest BCUT2D eigenvalue weighted by molar-refractivity contribution is -0.138. The van der Waals surface area contributed by atoms with E-state index in [1.165, 1.54) is 10.9 Å². The molecule has 1 aromatic heterocycles. The van der Waals surface area contributed by atoms with E-state index in [4.69, 9.17) is 5.73 Å². The summed E-state index contributed by atoms with van der Waals surface area (Å²) in [7, 11) is 0. The summed E-state index contributed by atoms with van der Waals surface area (Å²) in [5, 5.41) is 6.49. The Kier molecular flexibility index (Phi) is 3.32. The number of rotatable bonds is 3. The van der Waals surface area contributed by atoms with Gasteiger partial charge in [-0.2, -0.15) is 18.3 Å². The molecule has 0 atom stereocenters. The van der Waals surface area contributed by atoms with E-state index in [1.807, 2.05) is 0 Å². The highest BCUT2D eigenvalue weighted by Crippen LogP contribution is 2.17. The molecule has 2 rings (SSSR count). The summed E-state index contributed by atoms with van der Waals surface area (Å²) in [4.78, 5) is 11.4. The standard InChI is InChI=1S/C11H11F3N4O/c12-11(13,14)6-16-10(19)5-18-9-3-8(15)2-1-7(9)4-17-18/h1-4H,5-6,15H2,(H,16,19). The van der Waals surface area contributed by atoms with E-state index < -0.39 is 18.6 Å². The Bertz CT molecular complexity index is 605. The maximum Gasteiger partial charge on any atom is 0.405 e. The van der Waals surface area contributed by atoms with Gasteiger partial charge in [0, 0.05) is 11.1 Å². The quantitative estimate of drug-likeness (QED) is 0.827. The molecular weight excluding hydrogens is 261 g/mol. The van der Waals surface area contributed by atoms with Crippen molar-refractivity contribution in [1.29, 1.82) is 0 Å². The zero-order chi connectivity index (χ0) is 14.0. The zero-order valence-electron chi connectivity index (χ0n) is 9.74. The maximum absolute atomic E-state index is 11.9. The van der Waals surface area contributed by atoms with Gasteiger partial charge in [-0.15, -0.1) is 0 Å². The molecule has 5 nitrogen and oxygen atoms in total. The zero-order valence-corrected chi connectivity index (χ0v) is 9.74. The lowest BCUT2D eigenvalue weighted by Crippen LogP contribution is -2.35. The van der Waals surface area contributed by atoms with Crippen molar-refractivity contribution in [3.05, 3.63) is 24.4 Å². The number of nitrogen functional groups attached to an aromatic ring is 1. The molecule has 1 heterocycles. The summed E-state index contributed by atoms with van der Waals surface area (Å²) in [6.07, 6.45) is -2.90. The predicted molar refractivity (Wildman–Crippen MR) is 63.2 cm³/mol. The van der Waals surface area contributed by atoms with Crippen molar-refractivity contribution in [1.82, 2.24) is 15.1 Å². The summed E-state index contributed by atoms with van der Waals surface area (Å²) in [5.41, 5.74) is 6.70. The number of amides is 1. The maximum atomic E-state index is 11.9. The van der Waals surface area contributed by atoms with Crippen LogP contribution in [0.3, 0.4) is 0 Å². The molecule has 1 amide bonds. The van der Waals surface area contributed by atoms with E-state index in [9.17, 15) is 18.0 Å². The minimum Gasteiger partial charge on any atom is -0.399 e. The molecule has 0 unspecified atom stereocenters. The number of nitrogens with two attached hydrogens (primary N) is 1. The molecule has 0 aliphatic heterocycles. The average molecular weight is 272 g/mol. The number of anilines is 1. The summed E-state index contributed by atoms with van der Waals surface area (Å²) < 4.78 is 37.1. The van der Waals surface area contributed by atoms with Gasteiger partial charge in [0.2, 0.25) is 5.91 Å². The third kappa shape index (κ3) is 3.36. The number of fused-ring (bicyclic) bond motifs is 1. The van der Waals surface area contributed by atoms with E-state index in [1.54, 1.807) is 23.5 Å². The first-order valence-electron chi connectivity index (χ1n) is 5.40. The first-order chi connectivity index (χ1) is 8.85. The van der Waals surface area contributed by atoms with Crippen LogP contribution in [0.4, 0.5) is 18.9 Å². The summed E-state index contributed by atoms with van der Waals surface area (Å²) >= 11 is 0. The van der Waals surface area contributed by atoms with Gasteiger partial charge in [-0.1, -0.05) is 0 Å². The van der Waals surface area contributed by atoms with Crippen LogP contribution in [-0.4, -0.2) is 28.4 Å². The summed E-state index contributed by atoms with van der Waals surface area (Å²) in [6.45, 7) is -1.64. The molecule has 0 spiro atoms. The number of aromatic nitrogens is 2. The lowest BCUT2D eigenvalue weighted by Gasteiger charge is -2.08. The first-order valence-corrected chi connectivity index (χ1v) is 5.40. The molecule has 0 radical (unpaired) electrons. The second-order valence-corrected chi connectivity index (χ2v) is 4.01. The van der Waals surface area contributed by atoms with Gasteiger partial charge in [0.1, 0.15) is 13.1 Å². The Labute approximate surface area is 106 Å². The summed E-state index contributed by atoms with van der Waals surface area (Å²) in [5.74, 6) is -0.759. The normalized spacial score (nSPS) is 11.7. The van der Waals surface area contributed by atoms with Gasteiger partial charge in [-0.05, 0) is 18.2 Å². The molecule has 2 aromatic rings. The van der Waals surface area contributed by atoms with Crippen LogP contribution in [0.25, 0.3) is 10.9 Å². The number of carbonyl (C=O) groups excluding carboxylic acids is 1. The van der Waals surface area contributed by atoms with Crippen LogP contribution >= 0.6 is 0 Å². The van der Waals surface area contributed by atoms with Gasteiger partial charge in [-0.3, -0.25) is 9.48 Å². The van der Waals surface area contributed by atoms with E-state index in [-0.39, 0.29) is 6.54 Å². The first kappa shape index (κ1) is 13.2. The molecule has 102 valence electrons. The minimum atomic E-state index is -4.42. The lowest BCUT2D eigenvalue weighted by atomic mass is 10.2. The number of nitrogens with one attached hydrogen (secondary N) is 1. The van der Waals surface area contributed by atoms with Gasteiger partial charge >= 0.3 is 6.18 Å². The Hall–Kier alpha value is -2.25. The fourth-order valence-electron chi connectivity index (χ4n) is 1.60. The van der Waals surface area contributed by atoms with Crippen LogP contribution in [0.1, 0.15) is 0 Å². The predicted octanol–water partition coefficient (Wildman–Crippen LogP) is 1.30. The van der Waals surface area contributed by atoms with Crippen LogP contribution in [0, 0.1) is 0 Å². The second kappa shape index (κ2) is 4.79. The fourth-order valence-corrected chi connectivity index (χ4v) is 1.60. The van der Waals surface area contributed by atoms with Crippen molar-refractivity contribution >= 4 is 22.5 Å². The van der Waals surface area contributed by atoms with Crippen molar-refractivity contribution in [2.24, 2.45) is 0 Å². The Morgan fingerprint density at radius 2 is 2.16 bits per heavy atom. The van der Waals surface area contributed by atoms with E-state index >= 15 is 0 Å². The number of nitrogens with zero attached hydrogens (tertiary/aromatic N) is 2. The van der Waals surface area contributed by atoms with Gasteiger partial charge in [0.25, 0.3) is 0 Å². The monoisotopic (exact) mass is 272 g/mol. The topological polar surface area (TPSA) is 72.9 Å². The highest BCUT2D eigenvalue weighted by atomic mass is 19.4. The average Bonchev–Trinajstić information content (AvgIpc) is 2.68. The van der Waals surface area contributed by atoms with E-state index in [0.717, 1.165) is 5.39 Å². The van der Waals surface area contributed by atoms with Gasteiger partial charge in [-0.25, -0.2) is 0 Å². The van der Waals surface area contributed by atoms with Crippen LogP contribution in [-0.2, 0) is 11.3 Å². The van der Waals surface area contributed by atoms with E-state index in [0.29, 0.717) is 11.2 Å². The van der Waals surface area contributed by atoms with Crippen molar-refractivity contribution in [2.45, 2.75) is 12.7 Å². The number of alkyl halides is 3. The number of halogens is 3. The van der Waals surface area contributed by atoms with E-state index in [2.05, 4.69) is 5.10 Å². The van der Waals surface area contributed by atoms with Gasteiger partial charge in [0.05, 0.1) is 11.7 Å². The molecule has 1 aromatic carbocycles. The Balaban J connectivity index is 2.09. The highest BCUT2D eigenvalue weighted by molar-refractivity contribution is 5.84. The SMILES string of the molecule is Nc1ccc2cnn(CC(=O)NCC(F)(F)F)c2c1. The van der Waals surface area contributed by atoms with Crippen molar-refractivity contribution < 1.29 is 18.0 Å². The molecule has 3 N–H and O–H groups in total. The van der Waals surface area contributed by atoms with Crippen LogP contribution < -0.4 is 11.1 Å². The molecule has 0 aliphatic carbocycles. The molecule has 19 heavy (non-hydrogen) atoms. The van der Waals surface area contributed by atoms with Crippen molar-refractivity contribution in [2.75, 3.05) is 12.3 Å². The number of benzene rings is 1. The van der Waals surface area contributed by atoms with Crippen LogP contribution in [0.15, 0.2) is 24.4 Å². The molecule has 0 fully saturated rings. The number of hydrogen-bond acceptors (Lipinski definition) is 3. The highest BCUT2D eigenvalue weighted by Gasteiger charge is 2.27. The Morgan fingerprint density at radius 3 is 2.84 bits per heavy atom. The molecule has 0 saturated carbocycles.